The van der Waals surface area contributed by atoms with Crippen LogP contribution in [0.1, 0.15) is 27.2 Å². The van der Waals surface area contributed by atoms with Gasteiger partial charge in [-0.3, -0.25) is 9.69 Å². The van der Waals surface area contributed by atoms with Gasteiger partial charge >= 0.3 is 0 Å². The van der Waals surface area contributed by atoms with Crippen molar-refractivity contribution >= 4 is 11.6 Å². The van der Waals surface area contributed by atoms with Crippen LogP contribution in [0.4, 0.5) is 0 Å². The zero-order valence-electron chi connectivity index (χ0n) is 19.0. The molecule has 1 aliphatic rings. The summed E-state index contributed by atoms with van der Waals surface area (Å²) >= 11 is 0. The molecule has 0 spiro atoms. The van der Waals surface area contributed by atoms with Gasteiger partial charge in [-0.25, -0.2) is 4.98 Å². The van der Waals surface area contributed by atoms with E-state index in [0.29, 0.717) is 24.5 Å². The van der Waals surface area contributed by atoms with E-state index in [9.17, 15) is 4.79 Å². The highest BCUT2D eigenvalue weighted by Gasteiger charge is 2.13. The molecule has 0 bridgehead atoms. The van der Waals surface area contributed by atoms with E-state index in [4.69, 9.17) is 9.47 Å². The van der Waals surface area contributed by atoms with E-state index < -0.39 is 0 Å². The van der Waals surface area contributed by atoms with Gasteiger partial charge in [-0.1, -0.05) is 30.3 Å². The monoisotopic (exact) mass is 456 g/mol. The van der Waals surface area contributed by atoms with E-state index in [2.05, 4.69) is 27.3 Å². The van der Waals surface area contributed by atoms with Crippen LogP contribution in [0.5, 0.6) is 5.75 Å². The third kappa shape index (κ3) is 5.44. The lowest BCUT2D eigenvalue weighted by Crippen LogP contribution is -2.36. The number of hydrogen-bond donors (Lipinski definition) is 1. The molecule has 1 aliphatic heterocycles. The van der Waals surface area contributed by atoms with Gasteiger partial charge in [0.05, 0.1) is 18.9 Å². The second-order valence-corrected chi connectivity index (χ2v) is 8.35. The summed E-state index contributed by atoms with van der Waals surface area (Å²) in [5.74, 6) is 0.595. The van der Waals surface area contributed by atoms with Gasteiger partial charge in [0.1, 0.15) is 18.0 Å². The Morgan fingerprint density at radius 2 is 1.74 bits per heavy atom. The zero-order chi connectivity index (χ0) is 23.2. The van der Waals surface area contributed by atoms with Crippen molar-refractivity contribution in [2.45, 2.75) is 19.7 Å². The number of nitrogens with zero attached hydrogens (tertiary/aromatic N) is 3. The Morgan fingerprint density at radius 1 is 0.971 bits per heavy atom. The molecule has 2 aromatic heterocycles. The maximum atomic E-state index is 12.7. The van der Waals surface area contributed by atoms with Crippen molar-refractivity contribution in [3.8, 4) is 5.75 Å². The molecule has 7 heteroatoms. The van der Waals surface area contributed by atoms with Crippen molar-refractivity contribution in [1.29, 1.82) is 0 Å². The molecule has 0 aliphatic carbocycles. The van der Waals surface area contributed by atoms with Gasteiger partial charge in [0.15, 0.2) is 0 Å². The molecule has 7 nitrogen and oxygen atoms in total. The maximum Gasteiger partial charge on any atom is 0.251 e. The Labute approximate surface area is 198 Å². The van der Waals surface area contributed by atoms with E-state index in [0.717, 1.165) is 49.8 Å². The molecule has 0 atom stereocenters. The standard InChI is InChI=1S/C27H28N4O3/c32-27(28-17-22-5-1-2-6-23(22)18-30-13-15-33-16-14-30)21-8-10-25(11-9-21)34-20-24-19-31-12-4-3-7-26(31)29-24/h1-12,19H,13-18,20H2,(H,28,32). The van der Waals surface area contributed by atoms with Gasteiger partial charge < -0.3 is 19.2 Å². The molecule has 34 heavy (non-hydrogen) atoms. The molecule has 0 saturated carbocycles. The van der Waals surface area contributed by atoms with Crippen molar-refractivity contribution < 1.29 is 14.3 Å². The first kappa shape index (κ1) is 22.1. The number of amides is 1. The summed E-state index contributed by atoms with van der Waals surface area (Å²) in [6, 6.07) is 21.4. The second-order valence-electron chi connectivity index (χ2n) is 8.35. The maximum absolute atomic E-state index is 12.7. The van der Waals surface area contributed by atoms with Crippen LogP contribution in [0.2, 0.25) is 0 Å². The Hall–Kier alpha value is -3.68. The van der Waals surface area contributed by atoms with Gasteiger partial charge in [-0.2, -0.15) is 0 Å². The fourth-order valence-corrected chi connectivity index (χ4v) is 4.08. The van der Waals surface area contributed by atoms with Gasteiger partial charge in [0.2, 0.25) is 0 Å². The van der Waals surface area contributed by atoms with Crippen molar-refractivity contribution in [2.24, 2.45) is 0 Å². The number of nitrogens with one attached hydrogen (secondary N) is 1. The summed E-state index contributed by atoms with van der Waals surface area (Å²) in [6.07, 6.45) is 3.91. The molecule has 4 aromatic rings. The van der Waals surface area contributed by atoms with Crippen LogP contribution in [0.3, 0.4) is 0 Å². The number of ether oxygens (including phenoxy) is 2. The SMILES string of the molecule is O=C(NCc1ccccc1CN1CCOCC1)c1ccc(OCc2cn3ccccc3n2)cc1. The minimum absolute atomic E-state index is 0.104. The normalized spacial score (nSPS) is 14.2. The summed E-state index contributed by atoms with van der Waals surface area (Å²) in [6.45, 7) is 5.15. The summed E-state index contributed by atoms with van der Waals surface area (Å²) in [4.78, 5) is 19.6. The molecule has 5 rings (SSSR count). The average molecular weight is 457 g/mol. The Morgan fingerprint density at radius 3 is 2.53 bits per heavy atom. The van der Waals surface area contributed by atoms with Crippen LogP contribution in [0.25, 0.3) is 5.65 Å². The number of fused-ring (bicyclic) bond motifs is 1. The second kappa shape index (κ2) is 10.5. The van der Waals surface area contributed by atoms with Crippen molar-refractivity contribution in [3.63, 3.8) is 0 Å². The Kier molecular flexibility index (Phi) is 6.84. The fourth-order valence-electron chi connectivity index (χ4n) is 4.08. The molecule has 0 unspecified atom stereocenters. The minimum Gasteiger partial charge on any atom is -0.487 e. The molecule has 2 aromatic carbocycles. The lowest BCUT2D eigenvalue weighted by molar-refractivity contribution is 0.0340. The van der Waals surface area contributed by atoms with Crippen molar-refractivity contribution in [2.75, 3.05) is 26.3 Å². The Balaban J connectivity index is 1.15. The number of pyridine rings is 1. The third-order valence-corrected chi connectivity index (χ3v) is 5.97. The van der Waals surface area contributed by atoms with E-state index in [1.807, 2.05) is 59.3 Å². The van der Waals surface area contributed by atoms with Crippen molar-refractivity contribution in [1.82, 2.24) is 19.6 Å². The quantitative estimate of drug-likeness (QED) is 0.438. The number of carbonyl (C=O) groups is 1. The topological polar surface area (TPSA) is 68.1 Å². The van der Waals surface area contributed by atoms with Gasteiger partial charge in [-0.15, -0.1) is 0 Å². The first-order valence-electron chi connectivity index (χ1n) is 11.6. The number of morpholine rings is 1. The predicted octanol–water partition coefficient (Wildman–Crippen LogP) is 3.68. The summed E-state index contributed by atoms with van der Waals surface area (Å²) in [7, 11) is 0. The van der Waals surface area contributed by atoms with Crippen LogP contribution < -0.4 is 10.1 Å². The number of aromatic nitrogens is 2. The van der Waals surface area contributed by atoms with Crippen molar-refractivity contribution in [3.05, 3.63) is 102 Å². The van der Waals surface area contributed by atoms with Crippen LogP contribution >= 0.6 is 0 Å². The van der Waals surface area contributed by atoms with E-state index in [-0.39, 0.29) is 5.91 Å². The molecule has 1 amide bonds. The van der Waals surface area contributed by atoms with Gasteiger partial charge in [-0.05, 0) is 47.5 Å². The first-order valence-corrected chi connectivity index (χ1v) is 11.6. The van der Waals surface area contributed by atoms with Crippen LogP contribution in [0, 0.1) is 0 Å². The van der Waals surface area contributed by atoms with Crippen LogP contribution in [0.15, 0.2) is 79.1 Å². The number of benzene rings is 2. The van der Waals surface area contributed by atoms with E-state index >= 15 is 0 Å². The molecule has 1 fully saturated rings. The summed E-state index contributed by atoms with van der Waals surface area (Å²) in [5.41, 5.74) is 4.71. The summed E-state index contributed by atoms with van der Waals surface area (Å²) < 4.78 is 13.3. The zero-order valence-corrected chi connectivity index (χ0v) is 19.0. The van der Waals surface area contributed by atoms with E-state index in [1.54, 1.807) is 12.1 Å². The molecule has 1 saturated heterocycles. The first-order chi connectivity index (χ1) is 16.7. The number of carbonyl (C=O) groups excluding carboxylic acids is 1. The molecule has 3 heterocycles. The number of rotatable bonds is 8. The highest BCUT2D eigenvalue weighted by Crippen LogP contribution is 2.16. The molecular weight excluding hydrogens is 428 g/mol. The molecular formula is C27H28N4O3. The number of imidazole rings is 1. The van der Waals surface area contributed by atoms with E-state index in [1.165, 1.54) is 5.56 Å². The highest BCUT2D eigenvalue weighted by atomic mass is 16.5. The smallest absolute Gasteiger partial charge is 0.251 e. The lowest BCUT2D eigenvalue weighted by atomic mass is 10.1. The fraction of sp³-hybridized carbons (Fsp3) is 0.259. The average Bonchev–Trinajstić information content (AvgIpc) is 3.31. The largest absolute Gasteiger partial charge is 0.487 e. The minimum atomic E-state index is -0.104. The highest BCUT2D eigenvalue weighted by molar-refractivity contribution is 5.94. The molecule has 0 radical (unpaired) electrons. The predicted molar refractivity (Wildman–Crippen MR) is 130 cm³/mol. The lowest BCUT2D eigenvalue weighted by Gasteiger charge is -2.27. The van der Waals surface area contributed by atoms with Gasteiger partial charge in [0, 0.05) is 44.1 Å². The third-order valence-electron chi connectivity index (χ3n) is 5.97. The summed E-state index contributed by atoms with van der Waals surface area (Å²) in [5, 5.41) is 3.05. The molecule has 174 valence electrons. The van der Waals surface area contributed by atoms with Gasteiger partial charge in [0.25, 0.3) is 5.91 Å². The number of hydrogen-bond acceptors (Lipinski definition) is 5. The van der Waals surface area contributed by atoms with Crippen LogP contribution in [-0.2, 0) is 24.4 Å². The molecule has 1 N–H and O–H groups in total. The van der Waals surface area contributed by atoms with Crippen LogP contribution in [-0.4, -0.2) is 46.5 Å². The Bertz CT molecular complexity index is 1210.